The molecule has 1 aromatic carbocycles. The standard InChI is InChI=1S/C30H35F3O3/c1-18(2)36-22-6-4-5-19(16-22)25-17-28(3)26(11-12-29(28,35)13-14-30(31,32)33)24-9-7-20-15-21(34)8-10-23(20)27(24)25/h4-6,15-16,18,21,24-26,34-35H,7-12,17H2,1-3H3/t21?,24-,25+,26-,28-,29+/m0/s1. The molecule has 2 saturated carbocycles. The van der Waals surface area contributed by atoms with Crippen LogP contribution >= 0.6 is 0 Å². The monoisotopic (exact) mass is 500 g/mol. The van der Waals surface area contributed by atoms with Crippen LogP contribution in [-0.2, 0) is 0 Å². The van der Waals surface area contributed by atoms with Crippen LogP contribution in [-0.4, -0.2) is 34.2 Å². The molecule has 2 N–H and O–H groups in total. The smallest absolute Gasteiger partial charge is 0.457 e. The molecule has 0 spiro atoms. The molecule has 1 unspecified atom stereocenters. The zero-order valence-electron chi connectivity index (χ0n) is 21.2. The van der Waals surface area contributed by atoms with Crippen LogP contribution in [0.2, 0.25) is 0 Å². The maximum Gasteiger partial charge on any atom is 0.457 e. The topological polar surface area (TPSA) is 49.7 Å². The summed E-state index contributed by atoms with van der Waals surface area (Å²) in [6.07, 6.45) is 1.59. The highest BCUT2D eigenvalue weighted by Gasteiger charge is 2.62. The second-order valence-corrected chi connectivity index (χ2v) is 11.5. The highest BCUT2D eigenvalue weighted by atomic mass is 19.4. The van der Waals surface area contributed by atoms with E-state index in [9.17, 15) is 23.4 Å². The summed E-state index contributed by atoms with van der Waals surface area (Å²) in [5, 5.41) is 21.9. The van der Waals surface area contributed by atoms with Crippen molar-refractivity contribution in [1.29, 1.82) is 0 Å². The molecule has 0 aliphatic heterocycles. The summed E-state index contributed by atoms with van der Waals surface area (Å²) in [4.78, 5) is 0. The number of hydrogen-bond donors (Lipinski definition) is 2. The van der Waals surface area contributed by atoms with Crippen molar-refractivity contribution in [3.63, 3.8) is 0 Å². The van der Waals surface area contributed by atoms with Gasteiger partial charge in [0.1, 0.15) is 11.4 Å². The summed E-state index contributed by atoms with van der Waals surface area (Å²) in [5.41, 5.74) is 2.49. The highest BCUT2D eigenvalue weighted by Crippen LogP contribution is 2.66. The van der Waals surface area contributed by atoms with E-state index in [4.69, 9.17) is 4.74 Å². The Labute approximate surface area is 211 Å². The van der Waals surface area contributed by atoms with E-state index in [0.29, 0.717) is 19.3 Å². The number of rotatable bonds is 3. The number of aliphatic hydroxyl groups is 2. The fourth-order valence-electron chi connectivity index (χ4n) is 7.54. The van der Waals surface area contributed by atoms with E-state index in [1.54, 1.807) is 0 Å². The van der Waals surface area contributed by atoms with Gasteiger partial charge in [-0.1, -0.05) is 36.6 Å². The minimum Gasteiger partial charge on any atom is -0.491 e. The largest absolute Gasteiger partial charge is 0.491 e. The van der Waals surface area contributed by atoms with E-state index in [-0.39, 0.29) is 30.3 Å². The number of benzene rings is 1. The fourth-order valence-corrected chi connectivity index (χ4v) is 7.54. The van der Waals surface area contributed by atoms with Gasteiger partial charge in [0.2, 0.25) is 0 Å². The molecule has 3 nitrogen and oxygen atoms in total. The van der Waals surface area contributed by atoms with Crippen LogP contribution in [0.5, 0.6) is 5.75 Å². The predicted molar refractivity (Wildman–Crippen MR) is 132 cm³/mol. The molecule has 0 bridgehead atoms. The Morgan fingerprint density at radius 3 is 2.64 bits per heavy atom. The molecule has 36 heavy (non-hydrogen) atoms. The third-order valence-corrected chi connectivity index (χ3v) is 9.06. The quantitative estimate of drug-likeness (QED) is 0.468. The Morgan fingerprint density at radius 1 is 1.14 bits per heavy atom. The Bertz CT molecular complexity index is 1150. The fraction of sp³-hybridized carbons (Fsp3) is 0.600. The predicted octanol–water partition coefficient (Wildman–Crippen LogP) is 6.46. The summed E-state index contributed by atoms with van der Waals surface area (Å²) < 4.78 is 45.2. The van der Waals surface area contributed by atoms with Gasteiger partial charge in [-0.3, -0.25) is 0 Å². The Kier molecular flexibility index (Phi) is 6.32. The maximum atomic E-state index is 13.1. The molecule has 5 rings (SSSR count). The molecule has 2 fully saturated rings. The van der Waals surface area contributed by atoms with Gasteiger partial charge in [0.05, 0.1) is 12.2 Å². The van der Waals surface area contributed by atoms with Crippen LogP contribution in [0.1, 0.15) is 77.2 Å². The molecule has 4 aliphatic rings. The maximum absolute atomic E-state index is 13.1. The first-order valence-electron chi connectivity index (χ1n) is 13.1. The number of fused-ring (bicyclic) bond motifs is 4. The van der Waals surface area contributed by atoms with E-state index >= 15 is 0 Å². The minimum absolute atomic E-state index is 0.0184. The van der Waals surface area contributed by atoms with Gasteiger partial charge in [-0.05, 0) is 99.5 Å². The first-order chi connectivity index (χ1) is 16.9. The lowest BCUT2D eigenvalue weighted by molar-refractivity contribution is -0.0739. The average molecular weight is 501 g/mol. The lowest BCUT2D eigenvalue weighted by atomic mass is 9.51. The summed E-state index contributed by atoms with van der Waals surface area (Å²) in [5.74, 6) is 4.64. The lowest BCUT2D eigenvalue weighted by Crippen LogP contribution is -2.51. The Balaban J connectivity index is 1.65. The van der Waals surface area contributed by atoms with Gasteiger partial charge < -0.3 is 14.9 Å². The van der Waals surface area contributed by atoms with Crippen molar-refractivity contribution >= 4 is 0 Å². The second kappa shape index (κ2) is 8.96. The van der Waals surface area contributed by atoms with Gasteiger partial charge in [0.25, 0.3) is 0 Å². The van der Waals surface area contributed by atoms with Crippen molar-refractivity contribution in [1.82, 2.24) is 0 Å². The Morgan fingerprint density at radius 2 is 1.92 bits per heavy atom. The molecule has 0 amide bonds. The van der Waals surface area contributed by atoms with Gasteiger partial charge >= 0.3 is 6.18 Å². The molecule has 6 atom stereocenters. The first-order valence-corrected chi connectivity index (χ1v) is 13.1. The molecule has 6 heteroatoms. The van der Waals surface area contributed by atoms with Crippen molar-refractivity contribution in [2.24, 2.45) is 17.3 Å². The Hall–Kier alpha value is -2.23. The zero-order valence-corrected chi connectivity index (χ0v) is 21.2. The van der Waals surface area contributed by atoms with Crippen molar-refractivity contribution < 1.29 is 28.1 Å². The summed E-state index contributed by atoms with van der Waals surface area (Å²) in [6, 6.07) is 8.01. The van der Waals surface area contributed by atoms with Gasteiger partial charge in [0, 0.05) is 17.3 Å². The number of hydrogen-bond acceptors (Lipinski definition) is 3. The van der Waals surface area contributed by atoms with Crippen LogP contribution < -0.4 is 4.74 Å². The molecule has 0 radical (unpaired) electrons. The number of ether oxygens (including phenoxy) is 1. The second-order valence-electron chi connectivity index (χ2n) is 11.5. The summed E-state index contributed by atoms with van der Waals surface area (Å²) >= 11 is 0. The summed E-state index contributed by atoms with van der Waals surface area (Å²) in [7, 11) is 0. The van der Waals surface area contributed by atoms with Crippen molar-refractivity contribution in [2.45, 2.75) is 95.6 Å². The third kappa shape index (κ3) is 4.39. The molecule has 4 aliphatic carbocycles. The van der Waals surface area contributed by atoms with Crippen molar-refractivity contribution in [3.8, 4) is 17.6 Å². The number of allylic oxidation sites excluding steroid dienone is 3. The number of aliphatic hydroxyl groups excluding tert-OH is 1. The van der Waals surface area contributed by atoms with Gasteiger partial charge in [0.15, 0.2) is 0 Å². The minimum atomic E-state index is -4.64. The van der Waals surface area contributed by atoms with Crippen LogP contribution in [0.25, 0.3) is 0 Å². The van der Waals surface area contributed by atoms with Crippen LogP contribution in [0.4, 0.5) is 13.2 Å². The molecule has 194 valence electrons. The number of halogens is 3. The van der Waals surface area contributed by atoms with Gasteiger partial charge in [-0.25, -0.2) is 0 Å². The van der Waals surface area contributed by atoms with Crippen LogP contribution in [0, 0.1) is 29.1 Å². The van der Waals surface area contributed by atoms with E-state index in [0.717, 1.165) is 30.6 Å². The van der Waals surface area contributed by atoms with E-state index in [2.05, 4.69) is 12.0 Å². The van der Waals surface area contributed by atoms with Crippen molar-refractivity contribution in [3.05, 3.63) is 52.6 Å². The highest BCUT2D eigenvalue weighted by molar-refractivity contribution is 5.50. The summed E-state index contributed by atoms with van der Waals surface area (Å²) in [6.45, 7) is 5.90. The van der Waals surface area contributed by atoms with Crippen LogP contribution in [0.15, 0.2) is 47.1 Å². The molecular formula is C30H35F3O3. The number of alkyl halides is 3. The lowest BCUT2D eigenvalue weighted by Gasteiger charge is -2.54. The zero-order chi connectivity index (χ0) is 25.9. The normalized spacial score (nSPS) is 35.9. The molecule has 0 aromatic heterocycles. The van der Waals surface area contributed by atoms with E-state index in [1.807, 2.05) is 45.0 Å². The molecule has 0 saturated heterocycles. The van der Waals surface area contributed by atoms with Crippen molar-refractivity contribution in [2.75, 3.05) is 0 Å². The average Bonchev–Trinajstić information content (AvgIpc) is 3.07. The molecule has 0 heterocycles. The third-order valence-electron chi connectivity index (χ3n) is 9.06. The van der Waals surface area contributed by atoms with E-state index < -0.39 is 23.3 Å². The van der Waals surface area contributed by atoms with Gasteiger partial charge in [-0.2, -0.15) is 13.2 Å². The van der Waals surface area contributed by atoms with Crippen LogP contribution in [0.3, 0.4) is 0 Å². The first kappa shape index (κ1) is 25.4. The van der Waals surface area contributed by atoms with E-state index in [1.165, 1.54) is 22.6 Å². The molecular weight excluding hydrogens is 465 g/mol. The molecule has 1 aromatic rings. The SMILES string of the molecule is CC(C)Oc1cccc([C@H]2C[C@@]3(C)[C@@H](CC[C@@]3(O)C#CC(F)(F)F)[C@@H]3CCC4=CC(O)CCC4=C32)c1. The van der Waals surface area contributed by atoms with Gasteiger partial charge in [-0.15, -0.1) is 0 Å².